The Bertz CT molecular complexity index is 480. The van der Waals surface area contributed by atoms with Crippen LogP contribution in [0.1, 0.15) is 54.6 Å². The third-order valence-electron chi connectivity index (χ3n) is 4.71. The van der Waals surface area contributed by atoms with E-state index in [-0.39, 0.29) is 11.8 Å². The first-order chi connectivity index (χ1) is 9.52. The zero-order valence-electron chi connectivity index (χ0n) is 13.3. The van der Waals surface area contributed by atoms with Gasteiger partial charge in [-0.25, -0.2) is 0 Å². The van der Waals surface area contributed by atoms with Crippen LogP contribution in [-0.2, 0) is 0 Å². The first-order valence-electron chi connectivity index (χ1n) is 7.88. The summed E-state index contributed by atoms with van der Waals surface area (Å²) in [6.07, 6.45) is 3.77. The predicted molar refractivity (Wildman–Crippen MR) is 84.3 cm³/mol. The monoisotopic (exact) mass is 273 g/mol. The maximum atomic E-state index is 12.8. The number of hydrogen-bond acceptors (Lipinski definition) is 2. The molecule has 2 rings (SSSR count). The molecule has 0 amide bonds. The highest BCUT2D eigenvalue weighted by atomic mass is 16.1. The second-order valence-corrected chi connectivity index (χ2v) is 6.27. The molecule has 0 aromatic heterocycles. The fourth-order valence-corrected chi connectivity index (χ4v) is 3.17. The van der Waals surface area contributed by atoms with Gasteiger partial charge in [-0.1, -0.05) is 31.0 Å². The van der Waals surface area contributed by atoms with E-state index in [1.165, 1.54) is 19.3 Å². The lowest BCUT2D eigenvalue weighted by Crippen LogP contribution is -2.45. The van der Waals surface area contributed by atoms with Crippen molar-refractivity contribution in [3.05, 3.63) is 34.9 Å². The normalized spacial score (nSPS) is 21.7. The van der Waals surface area contributed by atoms with Gasteiger partial charge in [0, 0.05) is 12.1 Å². The smallest absolute Gasteiger partial charge is 0.179 e. The summed E-state index contributed by atoms with van der Waals surface area (Å²) in [5.74, 6) is 1.04. The van der Waals surface area contributed by atoms with Gasteiger partial charge in [0.2, 0.25) is 0 Å². The number of ketones is 1. The van der Waals surface area contributed by atoms with Crippen molar-refractivity contribution in [2.24, 2.45) is 5.92 Å². The fraction of sp³-hybridized carbons (Fsp3) is 0.611. The van der Waals surface area contributed by atoms with E-state index < -0.39 is 0 Å². The first kappa shape index (κ1) is 15.2. The van der Waals surface area contributed by atoms with Crippen molar-refractivity contribution in [2.45, 2.75) is 53.0 Å². The second kappa shape index (κ2) is 6.53. The van der Waals surface area contributed by atoms with Gasteiger partial charge in [-0.2, -0.15) is 0 Å². The van der Waals surface area contributed by atoms with Crippen molar-refractivity contribution in [3.63, 3.8) is 0 Å². The molecule has 110 valence electrons. The number of hydrogen-bond donors (Lipinski definition) is 0. The van der Waals surface area contributed by atoms with E-state index in [0.717, 1.165) is 35.7 Å². The standard InChI is InChI=1S/C18H27NO/c1-5-16-7-6-10-19(12-16)15(4)18(20)17-11-13(2)8-9-14(17)3/h8-9,11,15-16H,5-7,10,12H2,1-4H3. The molecule has 1 aliphatic heterocycles. The number of rotatable bonds is 4. The van der Waals surface area contributed by atoms with Gasteiger partial charge in [-0.05, 0) is 57.7 Å². The minimum atomic E-state index is 0.00449. The van der Waals surface area contributed by atoms with Crippen molar-refractivity contribution in [1.82, 2.24) is 4.90 Å². The lowest BCUT2D eigenvalue weighted by Gasteiger charge is -2.36. The third kappa shape index (κ3) is 3.29. The molecule has 1 aliphatic rings. The van der Waals surface area contributed by atoms with Crippen LogP contribution >= 0.6 is 0 Å². The third-order valence-corrected chi connectivity index (χ3v) is 4.71. The zero-order chi connectivity index (χ0) is 14.7. The van der Waals surface area contributed by atoms with Crippen molar-refractivity contribution in [1.29, 1.82) is 0 Å². The summed E-state index contributed by atoms with van der Waals surface area (Å²) >= 11 is 0. The van der Waals surface area contributed by atoms with Crippen LogP contribution in [0.25, 0.3) is 0 Å². The summed E-state index contributed by atoms with van der Waals surface area (Å²) in [7, 11) is 0. The van der Waals surface area contributed by atoms with E-state index >= 15 is 0 Å². The molecule has 0 spiro atoms. The van der Waals surface area contributed by atoms with E-state index in [9.17, 15) is 4.79 Å². The van der Waals surface area contributed by atoms with Crippen LogP contribution in [0.15, 0.2) is 18.2 Å². The van der Waals surface area contributed by atoms with Gasteiger partial charge in [0.25, 0.3) is 0 Å². The summed E-state index contributed by atoms with van der Waals surface area (Å²) < 4.78 is 0. The molecule has 1 fully saturated rings. The number of benzene rings is 1. The molecule has 2 nitrogen and oxygen atoms in total. The minimum absolute atomic E-state index is 0.00449. The van der Waals surface area contributed by atoms with Gasteiger partial charge in [-0.15, -0.1) is 0 Å². The topological polar surface area (TPSA) is 20.3 Å². The summed E-state index contributed by atoms with van der Waals surface area (Å²) in [6.45, 7) is 10.6. The van der Waals surface area contributed by atoms with Crippen LogP contribution < -0.4 is 0 Å². The van der Waals surface area contributed by atoms with Crippen LogP contribution in [0.4, 0.5) is 0 Å². The Morgan fingerprint density at radius 2 is 2.15 bits per heavy atom. The molecule has 0 N–H and O–H groups in total. The Hall–Kier alpha value is -1.15. The number of piperidine rings is 1. The molecule has 2 heteroatoms. The maximum absolute atomic E-state index is 12.8. The highest BCUT2D eigenvalue weighted by Crippen LogP contribution is 2.23. The molecule has 0 aliphatic carbocycles. The lowest BCUT2D eigenvalue weighted by atomic mass is 9.92. The van der Waals surface area contributed by atoms with Gasteiger partial charge in [0.05, 0.1) is 6.04 Å². The van der Waals surface area contributed by atoms with Crippen LogP contribution in [0.3, 0.4) is 0 Å². The molecular weight excluding hydrogens is 246 g/mol. The summed E-state index contributed by atoms with van der Waals surface area (Å²) in [4.78, 5) is 15.1. The Morgan fingerprint density at radius 1 is 1.40 bits per heavy atom. The summed E-state index contributed by atoms with van der Waals surface area (Å²) in [6, 6.07) is 6.17. The predicted octanol–water partition coefficient (Wildman–Crippen LogP) is 4.00. The molecule has 1 aromatic carbocycles. The fourth-order valence-electron chi connectivity index (χ4n) is 3.17. The lowest BCUT2D eigenvalue weighted by molar-refractivity contribution is 0.0749. The quantitative estimate of drug-likeness (QED) is 0.773. The van der Waals surface area contributed by atoms with Crippen molar-refractivity contribution in [2.75, 3.05) is 13.1 Å². The highest BCUT2D eigenvalue weighted by molar-refractivity contribution is 6.01. The Morgan fingerprint density at radius 3 is 2.85 bits per heavy atom. The maximum Gasteiger partial charge on any atom is 0.179 e. The molecule has 20 heavy (non-hydrogen) atoms. The molecule has 2 atom stereocenters. The van der Waals surface area contributed by atoms with Gasteiger partial charge in [0.1, 0.15) is 0 Å². The molecule has 1 heterocycles. The largest absolute Gasteiger partial charge is 0.293 e. The summed E-state index contributed by atoms with van der Waals surface area (Å²) in [5, 5.41) is 0. The van der Waals surface area contributed by atoms with Crippen molar-refractivity contribution in [3.8, 4) is 0 Å². The average Bonchev–Trinajstić information content (AvgIpc) is 2.48. The SMILES string of the molecule is CCC1CCCN(C(C)C(=O)c2cc(C)ccc2C)C1. The minimum Gasteiger partial charge on any atom is -0.293 e. The molecular formula is C18H27NO. The molecule has 1 aromatic rings. The van der Waals surface area contributed by atoms with E-state index in [2.05, 4.69) is 37.8 Å². The molecule has 1 saturated heterocycles. The number of aryl methyl sites for hydroxylation is 2. The summed E-state index contributed by atoms with van der Waals surface area (Å²) in [5.41, 5.74) is 3.16. The van der Waals surface area contributed by atoms with Crippen molar-refractivity contribution < 1.29 is 4.79 Å². The molecule has 2 unspecified atom stereocenters. The number of carbonyl (C=O) groups is 1. The number of Topliss-reactive ketones (excluding diaryl/α,β-unsaturated/α-hetero) is 1. The van der Waals surface area contributed by atoms with Crippen LogP contribution in [0.5, 0.6) is 0 Å². The van der Waals surface area contributed by atoms with E-state index in [0.29, 0.717) is 0 Å². The van der Waals surface area contributed by atoms with Gasteiger partial charge >= 0.3 is 0 Å². The van der Waals surface area contributed by atoms with Crippen LogP contribution in [0.2, 0.25) is 0 Å². The van der Waals surface area contributed by atoms with Crippen LogP contribution in [0, 0.1) is 19.8 Å². The number of carbonyl (C=O) groups excluding carboxylic acids is 1. The second-order valence-electron chi connectivity index (χ2n) is 6.27. The Kier molecular flexibility index (Phi) is 4.98. The molecule has 0 radical (unpaired) electrons. The number of likely N-dealkylation sites (tertiary alicyclic amines) is 1. The molecule has 0 saturated carbocycles. The zero-order valence-corrected chi connectivity index (χ0v) is 13.3. The first-order valence-corrected chi connectivity index (χ1v) is 7.88. The van der Waals surface area contributed by atoms with E-state index in [4.69, 9.17) is 0 Å². The van der Waals surface area contributed by atoms with Gasteiger partial charge < -0.3 is 0 Å². The van der Waals surface area contributed by atoms with Crippen molar-refractivity contribution >= 4 is 5.78 Å². The Labute approximate surface area is 123 Å². The highest BCUT2D eigenvalue weighted by Gasteiger charge is 2.27. The van der Waals surface area contributed by atoms with Crippen LogP contribution in [-0.4, -0.2) is 29.8 Å². The Balaban J connectivity index is 2.13. The van der Waals surface area contributed by atoms with E-state index in [1.807, 2.05) is 13.0 Å². The van der Waals surface area contributed by atoms with Gasteiger partial charge in [0.15, 0.2) is 5.78 Å². The molecule has 0 bridgehead atoms. The number of nitrogens with zero attached hydrogens (tertiary/aromatic N) is 1. The van der Waals surface area contributed by atoms with Gasteiger partial charge in [-0.3, -0.25) is 9.69 Å². The average molecular weight is 273 g/mol. The van der Waals surface area contributed by atoms with E-state index in [1.54, 1.807) is 0 Å².